The molecule has 3 aromatic rings. The van der Waals surface area contributed by atoms with E-state index in [2.05, 4.69) is 50.8 Å². The van der Waals surface area contributed by atoms with Crippen LogP contribution < -0.4 is 10.6 Å². The number of anilines is 1. The molecule has 35 heavy (non-hydrogen) atoms. The Morgan fingerprint density at radius 3 is 2.23 bits per heavy atom. The molecular formula is C27H25BrN2O5. The van der Waals surface area contributed by atoms with Crippen LogP contribution in [0.4, 0.5) is 10.5 Å². The summed E-state index contributed by atoms with van der Waals surface area (Å²) in [4.78, 5) is 35.9. The second kappa shape index (κ2) is 10.7. The molecule has 0 saturated heterocycles. The van der Waals surface area contributed by atoms with Gasteiger partial charge in [-0.25, -0.2) is 9.59 Å². The van der Waals surface area contributed by atoms with Crippen LogP contribution in [-0.4, -0.2) is 36.2 Å². The first-order valence-electron chi connectivity index (χ1n) is 11.3. The minimum absolute atomic E-state index is 0.0104. The predicted molar refractivity (Wildman–Crippen MR) is 137 cm³/mol. The van der Waals surface area contributed by atoms with E-state index in [1.807, 2.05) is 24.3 Å². The molecule has 0 fully saturated rings. The van der Waals surface area contributed by atoms with E-state index in [-0.39, 0.29) is 36.5 Å². The molecule has 4 rings (SSSR count). The van der Waals surface area contributed by atoms with Gasteiger partial charge in [-0.15, -0.1) is 0 Å². The Kier molecular flexibility index (Phi) is 7.51. The maximum Gasteiger partial charge on any atom is 0.407 e. The average Bonchev–Trinajstić information content (AvgIpc) is 3.17. The fourth-order valence-electron chi connectivity index (χ4n) is 4.18. The molecule has 3 N–H and O–H groups in total. The fourth-order valence-corrected chi connectivity index (χ4v) is 4.65. The number of hydrogen-bond acceptors (Lipinski definition) is 4. The van der Waals surface area contributed by atoms with Gasteiger partial charge >= 0.3 is 12.1 Å². The van der Waals surface area contributed by atoms with E-state index < -0.39 is 12.1 Å². The quantitative estimate of drug-likeness (QED) is 0.345. The smallest absolute Gasteiger partial charge is 0.407 e. The summed E-state index contributed by atoms with van der Waals surface area (Å²) in [5, 5.41) is 14.5. The lowest BCUT2D eigenvalue weighted by Crippen LogP contribution is -2.30. The van der Waals surface area contributed by atoms with E-state index in [1.54, 1.807) is 6.92 Å². The molecular weight excluding hydrogens is 512 g/mol. The van der Waals surface area contributed by atoms with Crippen LogP contribution in [-0.2, 0) is 9.53 Å². The normalized spacial score (nSPS) is 12.9. The van der Waals surface area contributed by atoms with Crippen molar-refractivity contribution < 1.29 is 24.2 Å². The van der Waals surface area contributed by atoms with Crippen molar-refractivity contribution in [3.8, 4) is 11.1 Å². The van der Waals surface area contributed by atoms with E-state index >= 15 is 0 Å². The second-order valence-corrected chi connectivity index (χ2v) is 9.29. The van der Waals surface area contributed by atoms with Gasteiger partial charge in [-0.1, -0.05) is 55.5 Å². The highest BCUT2D eigenvalue weighted by atomic mass is 79.9. The number of alkyl carbamates (subject to hydrolysis) is 1. The maximum atomic E-state index is 12.5. The molecule has 0 spiro atoms. The number of hydrogen-bond donors (Lipinski definition) is 3. The molecule has 8 heteroatoms. The number of fused-ring (bicyclic) bond motifs is 3. The lowest BCUT2D eigenvalue weighted by molar-refractivity contribution is -0.119. The van der Waals surface area contributed by atoms with Crippen molar-refractivity contribution in [3.63, 3.8) is 0 Å². The van der Waals surface area contributed by atoms with Crippen molar-refractivity contribution in [2.75, 3.05) is 18.5 Å². The van der Waals surface area contributed by atoms with Crippen molar-refractivity contribution in [3.05, 3.63) is 87.9 Å². The summed E-state index contributed by atoms with van der Waals surface area (Å²) in [7, 11) is 0. The number of carbonyl (C=O) groups excluding carboxylic acids is 2. The van der Waals surface area contributed by atoms with Crippen LogP contribution in [0.15, 0.2) is 71.2 Å². The van der Waals surface area contributed by atoms with E-state index in [0.717, 1.165) is 11.1 Å². The number of rotatable bonds is 8. The van der Waals surface area contributed by atoms with Crippen LogP contribution >= 0.6 is 15.9 Å². The Morgan fingerprint density at radius 2 is 1.63 bits per heavy atom. The minimum atomic E-state index is -1.05. The summed E-state index contributed by atoms with van der Waals surface area (Å²) < 4.78 is 6.00. The molecule has 1 unspecified atom stereocenters. The molecule has 0 radical (unpaired) electrons. The van der Waals surface area contributed by atoms with Crippen LogP contribution in [0.25, 0.3) is 11.1 Å². The van der Waals surface area contributed by atoms with Crippen molar-refractivity contribution in [1.29, 1.82) is 0 Å². The van der Waals surface area contributed by atoms with Gasteiger partial charge in [-0.05, 0) is 62.8 Å². The molecule has 0 aliphatic heterocycles. The molecule has 3 aromatic carbocycles. The molecule has 180 valence electrons. The van der Waals surface area contributed by atoms with Crippen LogP contribution in [0.5, 0.6) is 0 Å². The molecule has 0 saturated carbocycles. The number of halogens is 1. The molecule has 0 aromatic heterocycles. The molecule has 0 heterocycles. The zero-order chi connectivity index (χ0) is 24.9. The summed E-state index contributed by atoms with van der Waals surface area (Å²) in [5.74, 6) is -1.67. The molecule has 1 aliphatic carbocycles. The van der Waals surface area contributed by atoms with Crippen molar-refractivity contribution in [2.45, 2.75) is 19.3 Å². The van der Waals surface area contributed by atoms with Gasteiger partial charge in [0.15, 0.2) is 0 Å². The SMILES string of the molecule is CC(CCNC(=O)OCC1c2ccccc2-c2ccccc21)C(=O)Nc1ccc(C(=O)O)cc1Br. The fraction of sp³-hybridized carbons (Fsp3) is 0.222. The van der Waals surface area contributed by atoms with Crippen LogP contribution in [0, 0.1) is 5.92 Å². The highest BCUT2D eigenvalue weighted by molar-refractivity contribution is 9.10. The van der Waals surface area contributed by atoms with E-state index in [0.29, 0.717) is 16.6 Å². The van der Waals surface area contributed by atoms with Gasteiger partial charge in [0.05, 0.1) is 11.3 Å². The number of ether oxygens (including phenoxy) is 1. The Morgan fingerprint density at radius 1 is 1.00 bits per heavy atom. The maximum absolute atomic E-state index is 12.5. The first-order valence-corrected chi connectivity index (χ1v) is 12.1. The van der Waals surface area contributed by atoms with Crippen molar-refractivity contribution in [1.82, 2.24) is 5.32 Å². The standard InChI is InChI=1S/C27H25BrN2O5/c1-16(25(31)30-24-11-10-17(26(32)33)14-23(24)28)12-13-29-27(34)35-15-22-20-8-4-2-6-18(20)19-7-3-5-9-21(19)22/h2-11,14,16,22H,12-13,15H2,1H3,(H,29,34)(H,30,31)(H,32,33). The minimum Gasteiger partial charge on any atom is -0.478 e. The molecule has 1 atom stereocenters. The lowest BCUT2D eigenvalue weighted by atomic mass is 9.98. The van der Waals surface area contributed by atoms with Gasteiger partial charge in [-0.3, -0.25) is 4.79 Å². The predicted octanol–water partition coefficient (Wildman–Crippen LogP) is 5.65. The van der Waals surface area contributed by atoms with Gasteiger partial charge in [0.25, 0.3) is 0 Å². The topological polar surface area (TPSA) is 105 Å². The largest absolute Gasteiger partial charge is 0.478 e. The first kappa shape index (κ1) is 24.5. The van der Waals surface area contributed by atoms with Crippen LogP contribution in [0.3, 0.4) is 0 Å². The number of carboxylic acids is 1. The van der Waals surface area contributed by atoms with E-state index in [4.69, 9.17) is 9.84 Å². The highest BCUT2D eigenvalue weighted by Gasteiger charge is 2.29. The van der Waals surface area contributed by atoms with Gasteiger partial charge in [0, 0.05) is 22.9 Å². The Labute approximate surface area is 211 Å². The summed E-state index contributed by atoms with van der Waals surface area (Å²) in [6.07, 6.45) is -0.104. The monoisotopic (exact) mass is 536 g/mol. The van der Waals surface area contributed by atoms with Crippen molar-refractivity contribution in [2.24, 2.45) is 5.92 Å². The van der Waals surface area contributed by atoms with E-state index in [1.165, 1.54) is 29.3 Å². The number of aromatic carboxylic acids is 1. The molecule has 0 bridgehead atoms. The number of carboxylic acid groups (broad SMARTS) is 1. The summed E-state index contributed by atoms with van der Waals surface area (Å²) in [6, 6.07) is 20.7. The third-order valence-electron chi connectivity index (χ3n) is 6.11. The summed E-state index contributed by atoms with van der Waals surface area (Å²) in [6.45, 7) is 2.27. The summed E-state index contributed by atoms with van der Waals surface area (Å²) >= 11 is 3.28. The number of benzene rings is 3. The third-order valence-corrected chi connectivity index (χ3v) is 6.77. The van der Waals surface area contributed by atoms with Gasteiger partial charge in [0.1, 0.15) is 6.61 Å². The summed E-state index contributed by atoms with van der Waals surface area (Å²) in [5.41, 5.74) is 5.23. The zero-order valence-corrected chi connectivity index (χ0v) is 20.7. The van der Waals surface area contributed by atoms with Crippen LogP contribution in [0.1, 0.15) is 40.7 Å². The molecule has 7 nitrogen and oxygen atoms in total. The first-order chi connectivity index (χ1) is 16.8. The van der Waals surface area contributed by atoms with E-state index in [9.17, 15) is 14.4 Å². The Balaban J connectivity index is 1.25. The molecule has 2 amide bonds. The third kappa shape index (κ3) is 5.54. The highest BCUT2D eigenvalue weighted by Crippen LogP contribution is 2.44. The molecule has 1 aliphatic rings. The zero-order valence-electron chi connectivity index (χ0n) is 19.1. The second-order valence-electron chi connectivity index (χ2n) is 8.43. The van der Waals surface area contributed by atoms with Crippen molar-refractivity contribution >= 4 is 39.6 Å². The lowest BCUT2D eigenvalue weighted by Gasteiger charge is -2.16. The Hall–Kier alpha value is -3.65. The number of carbonyl (C=O) groups is 3. The van der Waals surface area contributed by atoms with Gasteiger partial charge in [0.2, 0.25) is 5.91 Å². The number of nitrogens with one attached hydrogen (secondary N) is 2. The van der Waals surface area contributed by atoms with Crippen LogP contribution in [0.2, 0.25) is 0 Å². The average molecular weight is 537 g/mol. The Bertz CT molecular complexity index is 1230. The van der Waals surface area contributed by atoms with Gasteiger partial charge < -0.3 is 20.5 Å². The van der Waals surface area contributed by atoms with Gasteiger partial charge in [-0.2, -0.15) is 0 Å². The number of amides is 2.